The fourth-order valence-electron chi connectivity index (χ4n) is 1.68. The van der Waals surface area contributed by atoms with E-state index in [1.54, 1.807) is 23.5 Å². The summed E-state index contributed by atoms with van der Waals surface area (Å²) in [6, 6.07) is 5.36. The highest BCUT2D eigenvalue weighted by atomic mass is 32.1. The molecule has 0 spiro atoms. The van der Waals surface area contributed by atoms with Crippen molar-refractivity contribution in [2.45, 2.75) is 19.4 Å². The van der Waals surface area contributed by atoms with Gasteiger partial charge in [-0.2, -0.15) is 11.3 Å². The number of thiophene rings is 1. The number of nitrogen functional groups attached to an aromatic ring is 1. The van der Waals surface area contributed by atoms with Crippen molar-refractivity contribution in [3.63, 3.8) is 0 Å². The summed E-state index contributed by atoms with van der Waals surface area (Å²) in [5.41, 5.74) is 7.74. The molecule has 4 nitrogen and oxygen atoms in total. The standard InChI is InChI=1S/C13H15N3OS/c1-9(6-10-3-5-18-8-10)16-13(17)12-7-11(14)2-4-15-12/h2-5,7-9H,6H2,1H3,(H2,14,15)(H,16,17). The number of rotatable bonds is 4. The minimum absolute atomic E-state index is 0.0651. The van der Waals surface area contributed by atoms with Gasteiger partial charge in [0.15, 0.2) is 0 Å². The van der Waals surface area contributed by atoms with Crippen LogP contribution in [0.2, 0.25) is 0 Å². The van der Waals surface area contributed by atoms with E-state index in [0.29, 0.717) is 11.4 Å². The minimum Gasteiger partial charge on any atom is -0.399 e. The summed E-state index contributed by atoms with van der Waals surface area (Å²) in [6.45, 7) is 1.97. The molecule has 0 bridgehead atoms. The topological polar surface area (TPSA) is 68.0 Å². The van der Waals surface area contributed by atoms with Crippen LogP contribution in [0.5, 0.6) is 0 Å². The Kier molecular flexibility index (Phi) is 3.94. The van der Waals surface area contributed by atoms with Gasteiger partial charge in [0.1, 0.15) is 5.69 Å². The Morgan fingerprint density at radius 3 is 3.06 bits per heavy atom. The predicted octanol–water partition coefficient (Wildman–Crippen LogP) is 2.09. The zero-order valence-electron chi connectivity index (χ0n) is 10.1. The molecule has 1 amide bonds. The molecule has 0 aromatic carbocycles. The SMILES string of the molecule is CC(Cc1ccsc1)NC(=O)c1cc(N)ccn1. The molecule has 0 aliphatic heterocycles. The zero-order valence-corrected chi connectivity index (χ0v) is 10.9. The van der Waals surface area contributed by atoms with Crippen molar-refractivity contribution >= 4 is 22.9 Å². The molecule has 2 heterocycles. The van der Waals surface area contributed by atoms with Gasteiger partial charge in [-0.15, -0.1) is 0 Å². The number of carbonyl (C=O) groups excluding carboxylic acids is 1. The first-order valence-corrected chi connectivity index (χ1v) is 6.63. The van der Waals surface area contributed by atoms with Crippen molar-refractivity contribution in [3.05, 3.63) is 46.4 Å². The van der Waals surface area contributed by atoms with Crippen molar-refractivity contribution in [3.8, 4) is 0 Å². The highest BCUT2D eigenvalue weighted by Crippen LogP contribution is 2.09. The molecule has 2 aromatic heterocycles. The largest absolute Gasteiger partial charge is 0.399 e. The average molecular weight is 261 g/mol. The number of nitrogens with two attached hydrogens (primary N) is 1. The molecule has 0 fully saturated rings. The first kappa shape index (κ1) is 12.6. The van der Waals surface area contributed by atoms with Crippen LogP contribution in [0.1, 0.15) is 23.0 Å². The third-order valence-electron chi connectivity index (χ3n) is 2.52. The van der Waals surface area contributed by atoms with Crippen LogP contribution in [0.15, 0.2) is 35.2 Å². The fourth-order valence-corrected chi connectivity index (χ4v) is 2.36. The number of hydrogen-bond donors (Lipinski definition) is 2. The molecule has 18 heavy (non-hydrogen) atoms. The lowest BCUT2D eigenvalue weighted by molar-refractivity contribution is 0.0935. The Labute approximate surface area is 110 Å². The van der Waals surface area contributed by atoms with Gasteiger partial charge in [-0.05, 0) is 47.9 Å². The minimum atomic E-state index is -0.190. The highest BCUT2D eigenvalue weighted by Gasteiger charge is 2.11. The smallest absolute Gasteiger partial charge is 0.270 e. The van der Waals surface area contributed by atoms with Gasteiger partial charge in [-0.3, -0.25) is 9.78 Å². The van der Waals surface area contributed by atoms with Crippen LogP contribution in [-0.2, 0) is 6.42 Å². The van der Waals surface area contributed by atoms with E-state index in [4.69, 9.17) is 5.73 Å². The number of amides is 1. The number of hydrogen-bond acceptors (Lipinski definition) is 4. The molecule has 0 saturated carbocycles. The third-order valence-corrected chi connectivity index (χ3v) is 3.25. The first-order valence-electron chi connectivity index (χ1n) is 5.68. The van der Waals surface area contributed by atoms with Gasteiger partial charge in [0.2, 0.25) is 0 Å². The number of nitrogens with one attached hydrogen (secondary N) is 1. The molecule has 94 valence electrons. The highest BCUT2D eigenvalue weighted by molar-refractivity contribution is 7.07. The second-order valence-electron chi connectivity index (χ2n) is 4.18. The second kappa shape index (κ2) is 5.64. The number of carbonyl (C=O) groups is 1. The number of aromatic nitrogens is 1. The van der Waals surface area contributed by atoms with E-state index in [1.165, 1.54) is 11.8 Å². The van der Waals surface area contributed by atoms with Gasteiger partial charge in [0.05, 0.1) is 0 Å². The van der Waals surface area contributed by atoms with Crippen LogP contribution >= 0.6 is 11.3 Å². The quantitative estimate of drug-likeness (QED) is 0.885. The summed E-state index contributed by atoms with van der Waals surface area (Å²) in [7, 11) is 0. The van der Waals surface area contributed by atoms with E-state index in [1.807, 2.05) is 12.3 Å². The first-order chi connectivity index (χ1) is 8.65. The van der Waals surface area contributed by atoms with E-state index in [0.717, 1.165) is 6.42 Å². The Morgan fingerprint density at radius 2 is 2.39 bits per heavy atom. The normalized spacial score (nSPS) is 12.1. The van der Waals surface area contributed by atoms with Crippen LogP contribution in [0, 0.1) is 0 Å². The van der Waals surface area contributed by atoms with Crippen LogP contribution < -0.4 is 11.1 Å². The van der Waals surface area contributed by atoms with E-state index in [2.05, 4.69) is 21.7 Å². The molecule has 2 rings (SSSR count). The number of pyridine rings is 1. The summed E-state index contributed by atoms with van der Waals surface area (Å²) in [4.78, 5) is 15.9. The van der Waals surface area contributed by atoms with E-state index >= 15 is 0 Å². The lowest BCUT2D eigenvalue weighted by Gasteiger charge is -2.12. The maximum Gasteiger partial charge on any atom is 0.270 e. The summed E-state index contributed by atoms with van der Waals surface area (Å²) >= 11 is 1.66. The summed E-state index contributed by atoms with van der Waals surface area (Å²) in [5.74, 6) is -0.190. The van der Waals surface area contributed by atoms with Crippen molar-refractivity contribution in [2.24, 2.45) is 0 Å². The fraction of sp³-hybridized carbons (Fsp3) is 0.231. The van der Waals surface area contributed by atoms with Gasteiger partial charge < -0.3 is 11.1 Å². The van der Waals surface area contributed by atoms with Crippen LogP contribution in [0.4, 0.5) is 5.69 Å². The van der Waals surface area contributed by atoms with Crippen molar-refractivity contribution in [1.82, 2.24) is 10.3 Å². The van der Waals surface area contributed by atoms with Crippen molar-refractivity contribution in [2.75, 3.05) is 5.73 Å². The lowest BCUT2D eigenvalue weighted by atomic mass is 10.1. The molecule has 1 atom stereocenters. The summed E-state index contributed by atoms with van der Waals surface area (Å²) in [6.07, 6.45) is 2.35. The van der Waals surface area contributed by atoms with E-state index in [9.17, 15) is 4.79 Å². The van der Waals surface area contributed by atoms with Gasteiger partial charge >= 0.3 is 0 Å². The Hall–Kier alpha value is -1.88. The molecule has 5 heteroatoms. The molecule has 0 aliphatic rings. The molecule has 3 N–H and O–H groups in total. The van der Waals surface area contributed by atoms with Crippen molar-refractivity contribution in [1.29, 1.82) is 0 Å². The maximum absolute atomic E-state index is 11.9. The van der Waals surface area contributed by atoms with Gasteiger partial charge in [0, 0.05) is 17.9 Å². The van der Waals surface area contributed by atoms with Crippen LogP contribution in [0.3, 0.4) is 0 Å². The molecular formula is C13H15N3OS. The molecular weight excluding hydrogens is 246 g/mol. The molecule has 0 saturated heterocycles. The molecule has 1 unspecified atom stereocenters. The number of anilines is 1. The summed E-state index contributed by atoms with van der Waals surface area (Å²) in [5, 5.41) is 7.03. The molecule has 2 aromatic rings. The van der Waals surface area contributed by atoms with Crippen LogP contribution in [-0.4, -0.2) is 16.9 Å². The van der Waals surface area contributed by atoms with Gasteiger partial charge in [-0.1, -0.05) is 0 Å². The van der Waals surface area contributed by atoms with Crippen LogP contribution in [0.25, 0.3) is 0 Å². The Morgan fingerprint density at radius 1 is 1.56 bits per heavy atom. The van der Waals surface area contributed by atoms with Gasteiger partial charge in [0.25, 0.3) is 5.91 Å². The van der Waals surface area contributed by atoms with E-state index < -0.39 is 0 Å². The monoisotopic (exact) mass is 261 g/mol. The van der Waals surface area contributed by atoms with E-state index in [-0.39, 0.29) is 11.9 Å². The predicted molar refractivity (Wildman–Crippen MR) is 73.6 cm³/mol. The van der Waals surface area contributed by atoms with Crippen molar-refractivity contribution < 1.29 is 4.79 Å². The Balaban J connectivity index is 1.95. The third kappa shape index (κ3) is 3.30. The zero-order chi connectivity index (χ0) is 13.0. The molecule has 0 aliphatic carbocycles. The second-order valence-corrected chi connectivity index (χ2v) is 4.96. The molecule has 0 radical (unpaired) electrons. The van der Waals surface area contributed by atoms with Gasteiger partial charge in [-0.25, -0.2) is 0 Å². The number of nitrogens with zero attached hydrogens (tertiary/aromatic N) is 1. The lowest BCUT2D eigenvalue weighted by Crippen LogP contribution is -2.34. The maximum atomic E-state index is 11.9. The average Bonchev–Trinajstić information content (AvgIpc) is 2.81. The summed E-state index contributed by atoms with van der Waals surface area (Å²) < 4.78 is 0. The Bertz CT molecular complexity index is 525.